The first-order valence-electron chi connectivity index (χ1n) is 11.0. The van der Waals surface area contributed by atoms with E-state index in [2.05, 4.69) is 10.4 Å². The number of amides is 2. The van der Waals surface area contributed by atoms with Gasteiger partial charge in [0.25, 0.3) is 0 Å². The smallest absolute Gasteiger partial charge is 0.416 e. The number of carbonyl (C=O) groups is 3. The molecule has 192 valence electrons. The summed E-state index contributed by atoms with van der Waals surface area (Å²) in [6.07, 6.45) is -2.03. The maximum Gasteiger partial charge on any atom is 0.416 e. The Morgan fingerprint density at radius 2 is 1.70 bits per heavy atom. The molecule has 2 aromatic carbocycles. The third-order valence-electron chi connectivity index (χ3n) is 5.75. The van der Waals surface area contributed by atoms with Crippen molar-refractivity contribution >= 4 is 23.9 Å². The van der Waals surface area contributed by atoms with Gasteiger partial charge in [0.1, 0.15) is 5.82 Å². The molecule has 0 saturated carbocycles. The lowest BCUT2D eigenvalue weighted by molar-refractivity contribution is -0.137. The molecule has 0 unspecified atom stereocenters. The summed E-state index contributed by atoms with van der Waals surface area (Å²) in [5.74, 6) is -2.78. The Morgan fingerprint density at radius 3 is 2.32 bits per heavy atom. The van der Waals surface area contributed by atoms with Gasteiger partial charge in [0.2, 0.25) is 11.8 Å². The summed E-state index contributed by atoms with van der Waals surface area (Å²) in [5, 5.41) is 16.2. The molecule has 12 heteroatoms. The van der Waals surface area contributed by atoms with Crippen LogP contribution in [0.25, 0.3) is 17.2 Å². The predicted octanol–water partition coefficient (Wildman–Crippen LogP) is 3.58. The number of hydrogen-bond donors (Lipinski definition) is 2. The molecule has 37 heavy (non-hydrogen) atoms. The minimum Gasteiger partial charge on any atom is -0.476 e. The first-order valence-corrected chi connectivity index (χ1v) is 11.0. The van der Waals surface area contributed by atoms with E-state index < -0.39 is 35.3 Å². The van der Waals surface area contributed by atoms with Crippen LogP contribution in [0.1, 0.15) is 27.3 Å². The van der Waals surface area contributed by atoms with Crippen molar-refractivity contribution < 1.29 is 37.1 Å². The molecule has 1 aromatic heterocycles. The lowest BCUT2D eigenvalue weighted by atomic mass is 10.0. The lowest BCUT2D eigenvalue weighted by Crippen LogP contribution is -2.43. The second kappa shape index (κ2) is 10.2. The maximum absolute atomic E-state index is 13.4. The van der Waals surface area contributed by atoms with Crippen LogP contribution in [0.3, 0.4) is 0 Å². The van der Waals surface area contributed by atoms with E-state index in [0.29, 0.717) is 16.8 Å². The molecule has 2 amide bonds. The summed E-state index contributed by atoms with van der Waals surface area (Å²) in [7, 11) is 0. The number of halogens is 4. The monoisotopic (exact) mass is 516 g/mol. The molecule has 0 aliphatic carbocycles. The molecular weight excluding hydrogens is 496 g/mol. The number of nitrogens with zero attached hydrogens (tertiary/aromatic N) is 3. The van der Waals surface area contributed by atoms with E-state index >= 15 is 0 Å². The van der Waals surface area contributed by atoms with Crippen molar-refractivity contribution in [2.24, 2.45) is 0 Å². The second-order valence-corrected chi connectivity index (χ2v) is 8.19. The molecule has 2 heterocycles. The van der Waals surface area contributed by atoms with Gasteiger partial charge in [-0.2, -0.15) is 18.3 Å². The number of hydrogen-bond acceptors (Lipinski definition) is 4. The van der Waals surface area contributed by atoms with Crippen molar-refractivity contribution in [2.45, 2.75) is 19.3 Å². The Labute approximate surface area is 207 Å². The summed E-state index contributed by atoms with van der Waals surface area (Å²) >= 11 is 0. The highest BCUT2D eigenvalue weighted by molar-refractivity contribution is 5.96. The molecule has 0 atom stereocenters. The quantitative estimate of drug-likeness (QED) is 0.385. The van der Waals surface area contributed by atoms with Crippen LogP contribution in [0.5, 0.6) is 0 Å². The molecule has 4 rings (SSSR count). The number of nitrogens with one attached hydrogen (secondary N) is 1. The highest BCUT2D eigenvalue weighted by Crippen LogP contribution is 2.31. The van der Waals surface area contributed by atoms with Gasteiger partial charge < -0.3 is 15.3 Å². The summed E-state index contributed by atoms with van der Waals surface area (Å²) < 4.78 is 52.8. The fourth-order valence-electron chi connectivity index (χ4n) is 3.89. The number of aromatic carboxylic acids is 1. The number of carboxylic acids is 1. The summed E-state index contributed by atoms with van der Waals surface area (Å²) in [4.78, 5) is 38.1. The van der Waals surface area contributed by atoms with Crippen LogP contribution >= 0.6 is 0 Å². The Bertz CT molecular complexity index is 1360. The van der Waals surface area contributed by atoms with Crippen LogP contribution < -0.4 is 5.32 Å². The van der Waals surface area contributed by atoms with Gasteiger partial charge in [-0.25, -0.2) is 9.18 Å². The van der Waals surface area contributed by atoms with Crippen molar-refractivity contribution in [3.8, 4) is 11.1 Å². The van der Waals surface area contributed by atoms with Gasteiger partial charge in [-0.1, -0.05) is 24.3 Å². The van der Waals surface area contributed by atoms with Gasteiger partial charge in [0.15, 0.2) is 5.69 Å². The van der Waals surface area contributed by atoms with Crippen molar-refractivity contribution in [3.63, 3.8) is 0 Å². The molecule has 8 nitrogen and oxygen atoms in total. The summed E-state index contributed by atoms with van der Waals surface area (Å²) in [6.45, 7) is 0.141. The van der Waals surface area contributed by atoms with Crippen LogP contribution in [-0.4, -0.2) is 50.7 Å². The number of carbonyl (C=O) groups excluding carboxylic acids is 2. The van der Waals surface area contributed by atoms with E-state index in [1.165, 1.54) is 52.1 Å². The zero-order valence-electron chi connectivity index (χ0n) is 19.1. The first kappa shape index (κ1) is 25.6. The zero-order chi connectivity index (χ0) is 26.7. The highest BCUT2D eigenvalue weighted by atomic mass is 19.4. The average molecular weight is 516 g/mol. The fraction of sp³-hybridized carbons (Fsp3) is 0.200. The number of rotatable bonds is 6. The van der Waals surface area contributed by atoms with Crippen LogP contribution in [0.2, 0.25) is 0 Å². The standard InChI is InChI=1S/C25H20F4N4O4/c26-18-8-4-16(5-9-18)22-19-14-32(11-12-33(19)31-23(22)24(36)37)21(35)13-30-20(34)10-3-15-1-6-17(7-2-15)25(27,28)29/h1-10H,11-14H2,(H,30,34)(H,36,37)/b10-3+. The number of aromatic nitrogens is 2. The van der Waals surface area contributed by atoms with Gasteiger partial charge in [-0.05, 0) is 41.5 Å². The van der Waals surface area contributed by atoms with Crippen molar-refractivity contribution in [1.29, 1.82) is 0 Å². The van der Waals surface area contributed by atoms with Gasteiger partial charge in [0, 0.05) is 18.2 Å². The summed E-state index contributed by atoms with van der Waals surface area (Å²) in [6, 6.07) is 9.51. The van der Waals surface area contributed by atoms with Crippen LogP contribution in [0, 0.1) is 5.82 Å². The Kier molecular flexibility index (Phi) is 7.09. The molecular formula is C25H20F4N4O4. The largest absolute Gasteiger partial charge is 0.476 e. The second-order valence-electron chi connectivity index (χ2n) is 8.19. The van der Waals surface area contributed by atoms with Crippen LogP contribution in [0.4, 0.5) is 17.6 Å². The molecule has 2 N–H and O–H groups in total. The van der Waals surface area contributed by atoms with Gasteiger partial charge in [-0.15, -0.1) is 0 Å². The summed E-state index contributed by atoms with van der Waals surface area (Å²) in [5.41, 5.74) is 0.557. The van der Waals surface area contributed by atoms with Crippen molar-refractivity contribution in [2.75, 3.05) is 13.1 Å². The van der Waals surface area contributed by atoms with Crippen molar-refractivity contribution in [3.05, 3.63) is 82.9 Å². The third-order valence-corrected chi connectivity index (χ3v) is 5.75. The molecule has 3 aromatic rings. The van der Waals surface area contributed by atoms with Gasteiger partial charge in [0.05, 0.1) is 30.9 Å². The number of benzene rings is 2. The molecule has 1 aliphatic heterocycles. The predicted molar refractivity (Wildman–Crippen MR) is 123 cm³/mol. The van der Waals surface area contributed by atoms with Gasteiger partial charge >= 0.3 is 12.1 Å². The molecule has 0 saturated heterocycles. The topological polar surface area (TPSA) is 105 Å². The number of fused-ring (bicyclic) bond motifs is 1. The van der Waals surface area contributed by atoms with Crippen LogP contribution in [-0.2, 0) is 28.9 Å². The SMILES string of the molecule is O=C(/C=C/c1ccc(C(F)(F)F)cc1)NCC(=O)N1CCn2nc(C(=O)O)c(-c3ccc(F)cc3)c2C1. The normalized spacial score (nSPS) is 13.5. The van der Waals surface area contributed by atoms with E-state index in [1.807, 2.05) is 0 Å². The average Bonchev–Trinajstić information content (AvgIpc) is 3.25. The number of carboxylic acid groups (broad SMARTS) is 1. The van der Waals surface area contributed by atoms with Crippen LogP contribution in [0.15, 0.2) is 54.6 Å². The first-order chi connectivity index (χ1) is 17.5. The van der Waals surface area contributed by atoms with E-state index in [4.69, 9.17) is 0 Å². The molecule has 0 bridgehead atoms. The lowest BCUT2D eigenvalue weighted by Gasteiger charge is -2.28. The molecule has 0 radical (unpaired) electrons. The fourth-order valence-corrected chi connectivity index (χ4v) is 3.89. The Balaban J connectivity index is 1.40. The van der Waals surface area contributed by atoms with E-state index in [-0.39, 0.29) is 37.4 Å². The maximum atomic E-state index is 13.4. The van der Waals surface area contributed by atoms with Gasteiger partial charge in [-0.3, -0.25) is 14.3 Å². The number of alkyl halides is 3. The van der Waals surface area contributed by atoms with E-state index in [0.717, 1.165) is 18.2 Å². The molecule has 0 fully saturated rings. The Morgan fingerprint density at radius 1 is 1.03 bits per heavy atom. The molecule has 1 aliphatic rings. The van der Waals surface area contributed by atoms with Crippen molar-refractivity contribution in [1.82, 2.24) is 20.0 Å². The minimum atomic E-state index is -4.46. The molecule has 0 spiro atoms. The minimum absolute atomic E-state index is 0.0308. The third kappa shape index (κ3) is 5.85. The highest BCUT2D eigenvalue weighted by Gasteiger charge is 2.31. The van der Waals surface area contributed by atoms with E-state index in [1.54, 1.807) is 0 Å². The van der Waals surface area contributed by atoms with E-state index in [9.17, 15) is 37.1 Å². The zero-order valence-corrected chi connectivity index (χ0v) is 19.1. The Hall–Kier alpha value is -4.48.